The summed E-state index contributed by atoms with van der Waals surface area (Å²) in [6.07, 6.45) is 6.16. The quantitative estimate of drug-likeness (QED) is 0.565. The van der Waals surface area contributed by atoms with E-state index in [2.05, 4.69) is 22.5 Å². The van der Waals surface area contributed by atoms with Crippen LogP contribution < -0.4 is 10.6 Å². The number of hydrogen-bond donors (Lipinski definition) is 2. The van der Waals surface area contributed by atoms with Gasteiger partial charge in [0, 0.05) is 26.8 Å². The first-order valence-electron chi connectivity index (χ1n) is 8.93. The second kappa shape index (κ2) is 9.62. The number of guanidine groups is 1. The Kier molecular flexibility index (Phi) is 7.50. The average molecular weight is 335 g/mol. The van der Waals surface area contributed by atoms with Gasteiger partial charge in [0.15, 0.2) is 5.96 Å². The van der Waals surface area contributed by atoms with Crippen LogP contribution >= 0.6 is 0 Å². The highest BCUT2D eigenvalue weighted by Gasteiger charge is 2.33. The lowest BCUT2D eigenvalue weighted by Crippen LogP contribution is -2.43. The van der Waals surface area contributed by atoms with Crippen molar-refractivity contribution in [2.75, 3.05) is 26.8 Å². The van der Waals surface area contributed by atoms with E-state index in [4.69, 9.17) is 4.74 Å². The molecule has 24 heavy (non-hydrogen) atoms. The molecule has 2 N–H and O–H groups in total. The molecule has 2 rings (SSSR count). The first kappa shape index (κ1) is 18.7. The fourth-order valence-corrected chi connectivity index (χ4v) is 3.38. The van der Waals surface area contributed by atoms with Crippen LogP contribution in [0.4, 0.5) is 4.39 Å². The summed E-state index contributed by atoms with van der Waals surface area (Å²) in [5, 5.41) is 6.77. The van der Waals surface area contributed by atoms with Crippen LogP contribution in [0.15, 0.2) is 29.3 Å². The van der Waals surface area contributed by atoms with Gasteiger partial charge in [0.25, 0.3) is 0 Å². The van der Waals surface area contributed by atoms with E-state index in [0.717, 1.165) is 37.6 Å². The number of rotatable bonds is 8. The highest BCUT2D eigenvalue weighted by molar-refractivity contribution is 5.79. The van der Waals surface area contributed by atoms with Crippen molar-refractivity contribution in [1.29, 1.82) is 0 Å². The highest BCUT2D eigenvalue weighted by Crippen LogP contribution is 2.40. The van der Waals surface area contributed by atoms with Gasteiger partial charge >= 0.3 is 0 Å². The zero-order valence-corrected chi connectivity index (χ0v) is 14.9. The lowest BCUT2D eigenvalue weighted by molar-refractivity contribution is 0.138. The van der Waals surface area contributed by atoms with Gasteiger partial charge in [-0.3, -0.25) is 0 Å². The summed E-state index contributed by atoms with van der Waals surface area (Å²) in [5.41, 5.74) is 1.19. The Labute approximate surface area is 144 Å². The van der Waals surface area contributed by atoms with Gasteiger partial charge in [-0.1, -0.05) is 25.0 Å². The van der Waals surface area contributed by atoms with Crippen molar-refractivity contribution in [3.8, 4) is 0 Å². The Bertz CT molecular complexity index is 527. The van der Waals surface area contributed by atoms with Crippen molar-refractivity contribution in [2.24, 2.45) is 10.4 Å². The van der Waals surface area contributed by atoms with Gasteiger partial charge in [-0.2, -0.15) is 0 Å². The lowest BCUT2D eigenvalue weighted by Gasteiger charge is -2.30. The second-order valence-electron chi connectivity index (χ2n) is 6.63. The summed E-state index contributed by atoms with van der Waals surface area (Å²) < 4.78 is 18.6. The number of ether oxygens (including phenoxy) is 1. The molecule has 0 spiro atoms. The summed E-state index contributed by atoms with van der Waals surface area (Å²) in [6, 6.07) is 6.60. The fraction of sp³-hybridized carbons (Fsp3) is 0.632. The third kappa shape index (κ3) is 5.78. The number of methoxy groups -OCH3 is 1. The molecule has 0 unspecified atom stereocenters. The molecule has 0 amide bonds. The molecule has 0 aliphatic heterocycles. The zero-order valence-electron chi connectivity index (χ0n) is 14.9. The van der Waals surface area contributed by atoms with E-state index in [1.165, 1.54) is 37.8 Å². The minimum absolute atomic E-state index is 0.217. The maximum absolute atomic E-state index is 13.3. The van der Waals surface area contributed by atoms with Crippen LogP contribution in [0, 0.1) is 11.2 Å². The maximum Gasteiger partial charge on any atom is 0.191 e. The molecular formula is C19H30FN3O. The van der Waals surface area contributed by atoms with E-state index in [9.17, 15) is 4.39 Å². The molecule has 0 bridgehead atoms. The van der Waals surface area contributed by atoms with E-state index in [1.54, 1.807) is 13.2 Å². The number of aliphatic imine (C=N–C) groups is 1. The molecule has 134 valence electrons. The third-order valence-corrected chi connectivity index (χ3v) is 4.78. The van der Waals surface area contributed by atoms with Crippen LogP contribution in [-0.2, 0) is 11.3 Å². The van der Waals surface area contributed by atoms with Crippen LogP contribution in [0.2, 0.25) is 0 Å². The topological polar surface area (TPSA) is 45.7 Å². The number of nitrogens with one attached hydrogen (secondary N) is 2. The standard InChI is InChI=1S/C19H30FN3O/c1-3-21-18(22-14-16-7-6-8-17(20)13-16)23-15-19(11-12-24-2)9-4-5-10-19/h6-8,13H,3-5,9-12,14-15H2,1-2H3,(H2,21,22,23). The largest absolute Gasteiger partial charge is 0.385 e. The lowest BCUT2D eigenvalue weighted by atomic mass is 9.83. The molecule has 5 heteroatoms. The molecule has 1 aliphatic rings. The molecule has 4 nitrogen and oxygen atoms in total. The van der Waals surface area contributed by atoms with Gasteiger partial charge in [0.2, 0.25) is 0 Å². The molecule has 0 aromatic heterocycles. The molecular weight excluding hydrogens is 305 g/mol. The minimum Gasteiger partial charge on any atom is -0.385 e. The van der Waals surface area contributed by atoms with Gasteiger partial charge in [-0.15, -0.1) is 0 Å². The molecule has 0 saturated heterocycles. The Morgan fingerprint density at radius 2 is 2.08 bits per heavy atom. The smallest absolute Gasteiger partial charge is 0.191 e. The minimum atomic E-state index is -0.217. The van der Waals surface area contributed by atoms with E-state index < -0.39 is 0 Å². The van der Waals surface area contributed by atoms with Crippen molar-refractivity contribution in [1.82, 2.24) is 10.6 Å². The Morgan fingerprint density at radius 1 is 1.29 bits per heavy atom. The molecule has 1 aliphatic carbocycles. The van der Waals surface area contributed by atoms with Gasteiger partial charge in [-0.05, 0) is 49.3 Å². The summed E-state index contributed by atoms with van der Waals surface area (Å²) in [4.78, 5) is 4.59. The number of halogens is 1. The number of nitrogens with zero attached hydrogens (tertiary/aromatic N) is 1. The van der Waals surface area contributed by atoms with E-state index in [1.807, 2.05) is 6.07 Å². The van der Waals surface area contributed by atoms with Crippen LogP contribution in [0.5, 0.6) is 0 Å². The van der Waals surface area contributed by atoms with Gasteiger partial charge in [0.1, 0.15) is 5.82 Å². The molecule has 0 radical (unpaired) electrons. The third-order valence-electron chi connectivity index (χ3n) is 4.78. The Morgan fingerprint density at radius 3 is 2.75 bits per heavy atom. The first-order valence-corrected chi connectivity index (χ1v) is 8.93. The zero-order chi connectivity index (χ0) is 17.3. The normalized spacial score (nSPS) is 17.0. The van der Waals surface area contributed by atoms with Crippen molar-refractivity contribution in [2.45, 2.75) is 45.6 Å². The maximum atomic E-state index is 13.3. The molecule has 1 aromatic rings. The van der Waals surface area contributed by atoms with Crippen molar-refractivity contribution in [3.63, 3.8) is 0 Å². The van der Waals surface area contributed by atoms with Crippen LogP contribution in [0.1, 0.15) is 44.6 Å². The van der Waals surface area contributed by atoms with Gasteiger partial charge in [-0.25, -0.2) is 9.38 Å². The molecule has 1 saturated carbocycles. The van der Waals surface area contributed by atoms with Crippen LogP contribution in [0.25, 0.3) is 0 Å². The van der Waals surface area contributed by atoms with Gasteiger partial charge < -0.3 is 15.4 Å². The fourth-order valence-electron chi connectivity index (χ4n) is 3.38. The van der Waals surface area contributed by atoms with Crippen molar-refractivity contribution < 1.29 is 9.13 Å². The second-order valence-corrected chi connectivity index (χ2v) is 6.63. The van der Waals surface area contributed by atoms with Crippen molar-refractivity contribution in [3.05, 3.63) is 35.6 Å². The SMILES string of the molecule is CCNC(=NCc1cccc(F)c1)NCC1(CCOC)CCCC1. The number of benzene rings is 1. The molecule has 0 heterocycles. The summed E-state index contributed by atoms with van der Waals surface area (Å²) in [7, 11) is 1.76. The van der Waals surface area contributed by atoms with E-state index in [0.29, 0.717) is 12.0 Å². The summed E-state index contributed by atoms with van der Waals surface area (Å²) >= 11 is 0. The highest BCUT2D eigenvalue weighted by atomic mass is 19.1. The van der Waals surface area contributed by atoms with Crippen LogP contribution in [-0.4, -0.2) is 32.8 Å². The average Bonchev–Trinajstić information content (AvgIpc) is 3.05. The first-order chi connectivity index (χ1) is 11.7. The molecule has 1 aromatic carbocycles. The predicted molar refractivity (Wildman–Crippen MR) is 96.6 cm³/mol. The van der Waals surface area contributed by atoms with E-state index in [-0.39, 0.29) is 5.82 Å². The van der Waals surface area contributed by atoms with Gasteiger partial charge in [0.05, 0.1) is 6.54 Å². The monoisotopic (exact) mass is 335 g/mol. The Balaban J connectivity index is 1.95. The summed E-state index contributed by atoms with van der Waals surface area (Å²) in [6.45, 7) is 5.04. The molecule has 1 fully saturated rings. The molecule has 0 atom stereocenters. The van der Waals surface area contributed by atoms with Crippen LogP contribution in [0.3, 0.4) is 0 Å². The Hall–Kier alpha value is -1.62. The number of hydrogen-bond acceptors (Lipinski definition) is 2. The van der Waals surface area contributed by atoms with Crippen molar-refractivity contribution >= 4 is 5.96 Å². The predicted octanol–water partition coefficient (Wildman–Crippen LogP) is 3.48. The van der Waals surface area contributed by atoms with E-state index >= 15 is 0 Å². The summed E-state index contributed by atoms with van der Waals surface area (Å²) in [5.74, 6) is 0.579.